The predicted molar refractivity (Wildman–Crippen MR) is 152 cm³/mol. The number of carbonyl (C=O) groups is 4. The number of imide groups is 1. The summed E-state index contributed by atoms with van der Waals surface area (Å²) in [6, 6.07) is 13.6. The quantitative estimate of drug-likeness (QED) is 0.0757. The van der Waals surface area contributed by atoms with Crippen molar-refractivity contribution >= 4 is 49.4 Å². The lowest BCUT2D eigenvalue weighted by Gasteiger charge is -2.51. The second kappa shape index (κ2) is 13.3. The molecule has 0 bridgehead atoms. The van der Waals surface area contributed by atoms with E-state index in [-0.39, 0.29) is 35.2 Å². The van der Waals surface area contributed by atoms with E-state index < -0.39 is 43.7 Å². The fourth-order valence-corrected chi connectivity index (χ4v) is 5.92. The molecule has 10 nitrogen and oxygen atoms in total. The molecule has 2 aromatic rings. The topological polar surface area (TPSA) is 133 Å². The van der Waals surface area contributed by atoms with Crippen LogP contribution in [0, 0.1) is 27.4 Å². The minimum Gasteiger partial charge on any atom is -0.454 e. The van der Waals surface area contributed by atoms with Gasteiger partial charge in [0.2, 0.25) is 5.91 Å². The van der Waals surface area contributed by atoms with Gasteiger partial charge < -0.3 is 9.16 Å². The van der Waals surface area contributed by atoms with Crippen molar-refractivity contribution in [2.45, 2.75) is 57.8 Å². The Morgan fingerprint density at radius 3 is 2.25 bits per heavy atom. The van der Waals surface area contributed by atoms with Crippen molar-refractivity contribution in [3.63, 3.8) is 0 Å². The highest BCUT2D eigenvalue weighted by molar-refractivity contribution is 8.13. The Labute approximate surface area is 239 Å². The van der Waals surface area contributed by atoms with Gasteiger partial charge in [-0.25, -0.2) is 4.79 Å². The van der Waals surface area contributed by atoms with E-state index in [9.17, 15) is 29.3 Å². The number of amides is 2. The number of esters is 1. The van der Waals surface area contributed by atoms with Crippen LogP contribution in [0.2, 0.25) is 13.1 Å². The third-order valence-electron chi connectivity index (χ3n) is 6.68. The summed E-state index contributed by atoms with van der Waals surface area (Å²) in [6.45, 7) is 10.0. The summed E-state index contributed by atoms with van der Waals surface area (Å²) in [7, 11) is -1.42. The monoisotopic (exact) mass is 586 g/mol. The maximum atomic E-state index is 13.4. The molecule has 3 rings (SSSR count). The number of nitro benzene ring substituents is 1. The number of nitrogens with zero attached hydrogens (tertiary/aromatic N) is 2. The number of β-lactam (4-membered cyclic amide) rings is 1. The molecule has 40 heavy (non-hydrogen) atoms. The maximum Gasteiger partial charge on any atom is 0.397 e. The Morgan fingerprint density at radius 1 is 1.07 bits per heavy atom. The van der Waals surface area contributed by atoms with Crippen molar-refractivity contribution in [1.82, 2.24) is 4.90 Å². The van der Waals surface area contributed by atoms with E-state index in [1.165, 1.54) is 24.3 Å². The SMILES string of the molecule is C[SiH](C)OC[C@H]([C@@H]1C(=O)N(C(=O)C(=O)OCc2ccc([N+](=O)[O-])cc2)[C@@H]1CC(=O)Sc1ccccc1)C(C)(C)C. The second-order valence-corrected chi connectivity index (χ2v) is 14.5. The molecular formula is C28H34N2O8SSi. The van der Waals surface area contributed by atoms with Gasteiger partial charge in [-0.2, -0.15) is 0 Å². The highest BCUT2D eigenvalue weighted by Gasteiger charge is 2.57. The number of carbonyl (C=O) groups excluding carboxylic acids is 4. The van der Waals surface area contributed by atoms with Crippen LogP contribution < -0.4 is 0 Å². The Bertz CT molecular complexity index is 1250. The standard InChI is InChI=1S/C28H34N2O8SSi/c1-28(2,3)21(17-38-40(4)5)24-22(15-23(31)39-20-9-7-6-8-10-20)29(25(24)32)26(33)27(34)37-16-18-11-13-19(14-12-18)30(35)36/h6-14,21-22,24,40H,15-17H2,1-5H3/t21-,22-,24+/m1/s1. The van der Waals surface area contributed by atoms with Gasteiger partial charge in [-0.15, -0.1) is 0 Å². The first kappa shape index (κ1) is 31.2. The van der Waals surface area contributed by atoms with Gasteiger partial charge in [-0.3, -0.25) is 29.4 Å². The van der Waals surface area contributed by atoms with Crippen molar-refractivity contribution in [3.8, 4) is 0 Å². The van der Waals surface area contributed by atoms with Crippen LogP contribution in [-0.4, -0.2) is 54.4 Å². The molecule has 2 amide bonds. The second-order valence-electron chi connectivity index (χ2n) is 11.0. The summed E-state index contributed by atoms with van der Waals surface area (Å²) < 4.78 is 11.1. The lowest BCUT2D eigenvalue weighted by atomic mass is 9.66. The highest BCUT2D eigenvalue weighted by Crippen LogP contribution is 2.44. The molecule has 2 aromatic carbocycles. The summed E-state index contributed by atoms with van der Waals surface area (Å²) in [4.78, 5) is 64.2. The first-order valence-electron chi connectivity index (χ1n) is 12.9. The molecule has 1 fully saturated rings. The van der Waals surface area contributed by atoms with Gasteiger partial charge in [-0.05, 0) is 54.3 Å². The summed E-state index contributed by atoms with van der Waals surface area (Å²) in [5.74, 6) is -3.88. The number of ether oxygens (including phenoxy) is 1. The highest BCUT2D eigenvalue weighted by atomic mass is 32.2. The van der Waals surface area contributed by atoms with Crippen molar-refractivity contribution in [3.05, 3.63) is 70.3 Å². The number of nitro groups is 1. The third kappa shape index (κ3) is 7.86. The number of rotatable bonds is 10. The lowest BCUT2D eigenvalue weighted by molar-refractivity contribution is -0.384. The predicted octanol–water partition coefficient (Wildman–Crippen LogP) is 4.36. The minimum atomic E-state index is -1.42. The number of likely N-dealkylation sites (tertiary alicyclic amines) is 1. The Kier molecular flexibility index (Phi) is 10.4. The zero-order chi connectivity index (χ0) is 29.6. The number of hydrogen-bond acceptors (Lipinski definition) is 9. The first-order chi connectivity index (χ1) is 18.8. The molecule has 0 radical (unpaired) electrons. The van der Waals surface area contributed by atoms with Gasteiger partial charge in [0, 0.05) is 30.1 Å². The zero-order valence-electron chi connectivity index (χ0n) is 23.2. The summed E-state index contributed by atoms with van der Waals surface area (Å²) in [6.07, 6.45) is -0.122. The van der Waals surface area contributed by atoms with Gasteiger partial charge in [0.1, 0.15) is 6.61 Å². The Hall–Kier alpha value is -3.35. The third-order valence-corrected chi connectivity index (χ3v) is 8.45. The van der Waals surface area contributed by atoms with Crippen LogP contribution in [-0.2, 0) is 34.9 Å². The molecule has 0 aromatic heterocycles. The molecule has 1 aliphatic rings. The van der Waals surface area contributed by atoms with Crippen LogP contribution in [0.5, 0.6) is 0 Å². The molecule has 0 N–H and O–H groups in total. The Balaban J connectivity index is 1.78. The van der Waals surface area contributed by atoms with E-state index in [1.807, 2.05) is 52.1 Å². The average Bonchev–Trinajstić information content (AvgIpc) is 2.89. The summed E-state index contributed by atoms with van der Waals surface area (Å²) in [5, 5.41) is 10.6. The zero-order valence-corrected chi connectivity index (χ0v) is 25.2. The van der Waals surface area contributed by atoms with Gasteiger partial charge in [0.25, 0.3) is 5.69 Å². The number of benzene rings is 2. The summed E-state index contributed by atoms with van der Waals surface area (Å²) >= 11 is 1.02. The van der Waals surface area contributed by atoms with E-state index in [0.717, 1.165) is 21.6 Å². The van der Waals surface area contributed by atoms with Crippen molar-refractivity contribution < 1.29 is 33.3 Å². The van der Waals surface area contributed by atoms with Gasteiger partial charge >= 0.3 is 11.9 Å². The van der Waals surface area contributed by atoms with Crippen LogP contribution in [0.25, 0.3) is 0 Å². The largest absolute Gasteiger partial charge is 0.454 e. The smallest absolute Gasteiger partial charge is 0.397 e. The van der Waals surface area contributed by atoms with Crippen molar-refractivity contribution in [2.24, 2.45) is 17.3 Å². The molecule has 0 saturated carbocycles. The lowest BCUT2D eigenvalue weighted by Crippen LogP contribution is -2.68. The molecule has 1 aliphatic heterocycles. The molecule has 0 aliphatic carbocycles. The van der Waals surface area contributed by atoms with Crippen molar-refractivity contribution in [2.75, 3.05) is 6.61 Å². The Morgan fingerprint density at radius 2 is 1.70 bits per heavy atom. The van der Waals surface area contributed by atoms with E-state index in [1.54, 1.807) is 12.1 Å². The molecular weight excluding hydrogens is 552 g/mol. The average molecular weight is 587 g/mol. The van der Waals surface area contributed by atoms with Gasteiger partial charge in [-0.1, -0.05) is 50.7 Å². The van der Waals surface area contributed by atoms with Gasteiger partial charge in [0.05, 0.1) is 16.9 Å². The molecule has 0 unspecified atom stereocenters. The van der Waals surface area contributed by atoms with E-state index >= 15 is 0 Å². The summed E-state index contributed by atoms with van der Waals surface area (Å²) in [5.41, 5.74) is -0.0570. The number of thioether (sulfide) groups is 1. The van der Waals surface area contributed by atoms with Crippen LogP contribution in [0.4, 0.5) is 5.69 Å². The minimum absolute atomic E-state index is 0.122. The molecule has 12 heteroatoms. The number of non-ortho nitro benzene ring substituents is 1. The maximum absolute atomic E-state index is 13.4. The van der Waals surface area contributed by atoms with Gasteiger partial charge in [0.15, 0.2) is 14.2 Å². The molecule has 214 valence electrons. The van der Waals surface area contributed by atoms with Crippen molar-refractivity contribution in [1.29, 1.82) is 0 Å². The fourth-order valence-electron chi connectivity index (χ4n) is 4.52. The van der Waals surface area contributed by atoms with Crippen LogP contribution in [0.1, 0.15) is 32.8 Å². The van der Waals surface area contributed by atoms with E-state index in [2.05, 4.69) is 0 Å². The number of hydrogen-bond donors (Lipinski definition) is 0. The molecule has 1 saturated heterocycles. The van der Waals surface area contributed by atoms with Crippen LogP contribution >= 0.6 is 11.8 Å². The fraction of sp³-hybridized carbons (Fsp3) is 0.429. The normalized spacial score (nSPS) is 17.8. The molecule has 0 spiro atoms. The van der Waals surface area contributed by atoms with E-state index in [0.29, 0.717) is 12.2 Å². The molecule has 1 heterocycles. The van der Waals surface area contributed by atoms with Crippen LogP contribution in [0.15, 0.2) is 59.5 Å². The first-order valence-corrected chi connectivity index (χ1v) is 16.5. The molecule has 3 atom stereocenters. The van der Waals surface area contributed by atoms with E-state index in [4.69, 9.17) is 9.16 Å². The van der Waals surface area contributed by atoms with Crippen LogP contribution in [0.3, 0.4) is 0 Å².